The first-order chi connectivity index (χ1) is 16.3. The van der Waals surface area contributed by atoms with Gasteiger partial charge in [-0.2, -0.15) is 0 Å². The molecule has 0 amide bonds. The zero-order valence-electron chi connectivity index (χ0n) is 20.1. The zero-order valence-corrected chi connectivity index (χ0v) is 20.1. The first-order valence-electron chi connectivity index (χ1n) is 11.4. The molecule has 0 radical (unpaired) electrons. The number of hydrogen-bond donors (Lipinski definition) is 1. The summed E-state index contributed by atoms with van der Waals surface area (Å²) in [6, 6.07) is 13.2. The molecule has 34 heavy (non-hydrogen) atoms. The predicted octanol–water partition coefficient (Wildman–Crippen LogP) is 4.22. The highest BCUT2D eigenvalue weighted by Gasteiger charge is 2.24. The highest BCUT2D eigenvalue weighted by molar-refractivity contribution is 5.88. The molecule has 1 aliphatic rings. The molecule has 0 bridgehead atoms. The Balaban J connectivity index is 1.99. The maximum atomic E-state index is 13.5. The fourth-order valence-corrected chi connectivity index (χ4v) is 4.62. The summed E-state index contributed by atoms with van der Waals surface area (Å²) in [4.78, 5) is 27.5. The van der Waals surface area contributed by atoms with Gasteiger partial charge in [-0.3, -0.25) is 4.79 Å². The normalized spacial score (nSPS) is 12.7. The average molecular weight is 463 g/mol. The highest BCUT2D eigenvalue weighted by Crippen LogP contribution is 2.35. The van der Waals surface area contributed by atoms with Crippen molar-refractivity contribution in [3.63, 3.8) is 0 Å². The molecule has 1 aliphatic carbocycles. The first kappa shape index (κ1) is 23.4. The monoisotopic (exact) mass is 462 g/mol. The van der Waals surface area contributed by atoms with E-state index in [1.165, 1.54) is 0 Å². The van der Waals surface area contributed by atoms with Gasteiger partial charge in [0, 0.05) is 37.0 Å². The van der Waals surface area contributed by atoms with Gasteiger partial charge in [0.1, 0.15) is 17.1 Å². The Morgan fingerprint density at radius 3 is 2.38 bits per heavy atom. The summed E-state index contributed by atoms with van der Waals surface area (Å²) in [7, 11) is 7.15. The van der Waals surface area contributed by atoms with E-state index in [2.05, 4.69) is 17.0 Å². The van der Waals surface area contributed by atoms with E-state index in [0.29, 0.717) is 17.9 Å². The molecule has 1 heterocycles. The second-order valence-electron chi connectivity index (χ2n) is 8.75. The van der Waals surface area contributed by atoms with E-state index < -0.39 is 11.5 Å². The molecule has 3 aromatic rings. The van der Waals surface area contributed by atoms with E-state index in [4.69, 9.17) is 9.47 Å². The molecule has 178 valence electrons. The van der Waals surface area contributed by atoms with E-state index in [1.54, 1.807) is 30.9 Å². The van der Waals surface area contributed by atoms with Gasteiger partial charge < -0.3 is 24.0 Å². The zero-order chi connectivity index (χ0) is 24.4. The lowest BCUT2D eigenvalue weighted by Crippen LogP contribution is -2.30. The molecule has 0 unspecified atom stereocenters. The molecule has 1 N–H and O–H groups in total. The molecular weight excluding hydrogens is 432 g/mol. The van der Waals surface area contributed by atoms with Crippen LogP contribution in [-0.4, -0.2) is 44.0 Å². The van der Waals surface area contributed by atoms with Crippen LogP contribution >= 0.6 is 0 Å². The Bertz CT molecular complexity index is 1290. The number of hydrogen-bond acceptors (Lipinski definition) is 5. The Kier molecular flexibility index (Phi) is 6.63. The van der Waals surface area contributed by atoms with Crippen molar-refractivity contribution in [2.24, 2.45) is 0 Å². The average Bonchev–Trinajstić information content (AvgIpc) is 2.81. The van der Waals surface area contributed by atoms with Gasteiger partial charge in [-0.15, -0.1) is 0 Å². The van der Waals surface area contributed by atoms with E-state index in [0.717, 1.165) is 52.9 Å². The summed E-state index contributed by atoms with van der Waals surface area (Å²) >= 11 is 0. The van der Waals surface area contributed by atoms with Crippen LogP contribution in [0.25, 0.3) is 11.3 Å². The minimum atomic E-state index is -1.21. The number of fused-ring (bicyclic) bond motifs is 3. The molecule has 0 aliphatic heterocycles. The van der Waals surface area contributed by atoms with Crippen LogP contribution in [0.3, 0.4) is 0 Å². The van der Waals surface area contributed by atoms with Crippen LogP contribution in [0.2, 0.25) is 0 Å². The fraction of sp³-hybridized carbons (Fsp3) is 0.333. The van der Waals surface area contributed by atoms with Crippen LogP contribution in [0.15, 0.2) is 47.3 Å². The van der Waals surface area contributed by atoms with Gasteiger partial charge in [-0.1, -0.05) is 6.07 Å². The number of nitrogens with zero attached hydrogens (tertiary/aromatic N) is 2. The van der Waals surface area contributed by atoms with Gasteiger partial charge in [0.15, 0.2) is 0 Å². The topological polar surface area (TPSA) is 81.0 Å². The molecule has 4 rings (SSSR count). The number of aromatic nitrogens is 1. The van der Waals surface area contributed by atoms with Gasteiger partial charge in [0.25, 0.3) is 5.56 Å². The van der Waals surface area contributed by atoms with Crippen LogP contribution in [0, 0.1) is 0 Å². The maximum absolute atomic E-state index is 13.5. The minimum Gasteiger partial charge on any atom is -0.497 e. The standard InChI is InChI=1S/C27H30N2O5/c1-28(2)20-10-12-22-17(13-20)7-5-6-8-18-14-23(27(31)32)26(30)29(25(18)22)16-19-9-11-21(33-3)15-24(19)34-4/h9-15H,5-8,16H2,1-4H3,(H,31,32). The number of rotatable bonds is 6. The van der Waals surface area contributed by atoms with E-state index in [1.807, 2.05) is 32.3 Å². The Hall–Kier alpha value is -3.74. The second kappa shape index (κ2) is 9.63. The van der Waals surface area contributed by atoms with Gasteiger partial charge in [0.05, 0.1) is 26.5 Å². The number of aryl methyl sites for hydroxylation is 2. The molecule has 0 saturated heterocycles. The third-order valence-corrected chi connectivity index (χ3v) is 6.42. The van der Waals surface area contributed by atoms with Gasteiger partial charge in [0.2, 0.25) is 0 Å². The van der Waals surface area contributed by atoms with Crippen molar-refractivity contribution >= 4 is 11.7 Å². The lowest BCUT2D eigenvalue weighted by molar-refractivity contribution is 0.0694. The Labute approximate surface area is 199 Å². The Morgan fingerprint density at radius 2 is 1.74 bits per heavy atom. The van der Waals surface area contributed by atoms with E-state index >= 15 is 0 Å². The molecule has 0 fully saturated rings. The van der Waals surface area contributed by atoms with Crippen molar-refractivity contribution in [2.75, 3.05) is 33.2 Å². The molecule has 0 saturated carbocycles. The van der Waals surface area contributed by atoms with Crippen molar-refractivity contribution < 1.29 is 19.4 Å². The minimum absolute atomic E-state index is 0.185. The van der Waals surface area contributed by atoms with Crippen molar-refractivity contribution in [1.82, 2.24) is 4.57 Å². The van der Waals surface area contributed by atoms with Crippen molar-refractivity contribution in [1.29, 1.82) is 0 Å². The molecule has 7 heteroatoms. The molecule has 0 spiro atoms. The first-order valence-corrected chi connectivity index (χ1v) is 11.4. The summed E-state index contributed by atoms with van der Waals surface area (Å²) in [6.45, 7) is 0.185. The molecule has 7 nitrogen and oxygen atoms in total. The molecular formula is C27H30N2O5. The summed E-state index contributed by atoms with van der Waals surface area (Å²) in [5, 5.41) is 9.79. The highest BCUT2D eigenvalue weighted by atomic mass is 16.5. The predicted molar refractivity (Wildman–Crippen MR) is 133 cm³/mol. The second-order valence-corrected chi connectivity index (χ2v) is 8.75. The van der Waals surface area contributed by atoms with Crippen LogP contribution < -0.4 is 19.9 Å². The lowest BCUT2D eigenvalue weighted by atomic mass is 9.89. The smallest absolute Gasteiger partial charge is 0.341 e. The van der Waals surface area contributed by atoms with Gasteiger partial charge in [-0.05, 0) is 67.1 Å². The van der Waals surface area contributed by atoms with Crippen molar-refractivity contribution in [3.8, 4) is 22.8 Å². The van der Waals surface area contributed by atoms with Crippen LogP contribution in [0.5, 0.6) is 11.5 Å². The largest absolute Gasteiger partial charge is 0.497 e. The third-order valence-electron chi connectivity index (χ3n) is 6.42. The third kappa shape index (κ3) is 4.38. The fourth-order valence-electron chi connectivity index (χ4n) is 4.62. The maximum Gasteiger partial charge on any atom is 0.341 e. The van der Waals surface area contributed by atoms with Gasteiger partial charge >= 0.3 is 5.97 Å². The summed E-state index contributed by atoms with van der Waals surface area (Å²) in [6.07, 6.45) is 3.53. The SMILES string of the molecule is COc1ccc(Cn2c3c(cc(C(=O)O)c2=O)CCCCc2cc(N(C)C)ccc2-3)c(OC)c1. The number of carboxylic acids is 1. The van der Waals surface area contributed by atoms with Crippen LogP contribution in [0.1, 0.15) is 39.9 Å². The van der Waals surface area contributed by atoms with Crippen molar-refractivity contribution in [2.45, 2.75) is 32.2 Å². The number of anilines is 1. The van der Waals surface area contributed by atoms with E-state index in [9.17, 15) is 14.7 Å². The summed E-state index contributed by atoms with van der Waals surface area (Å²) in [5.41, 5.74) is 4.92. The number of carbonyl (C=O) groups is 1. The number of methoxy groups -OCH3 is 2. The number of benzene rings is 2. The lowest BCUT2D eigenvalue weighted by Gasteiger charge is -2.25. The number of carboxylic acid groups (broad SMARTS) is 1. The van der Waals surface area contributed by atoms with E-state index in [-0.39, 0.29) is 12.1 Å². The van der Waals surface area contributed by atoms with Crippen molar-refractivity contribution in [3.05, 3.63) is 75.1 Å². The number of ether oxygens (including phenoxy) is 2. The molecule has 1 aromatic heterocycles. The molecule has 0 atom stereocenters. The molecule has 2 aromatic carbocycles. The summed E-state index contributed by atoms with van der Waals surface area (Å²) in [5.74, 6) is 0.00680. The summed E-state index contributed by atoms with van der Waals surface area (Å²) < 4.78 is 12.5. The number of aromatic carboxylic acids is 1. The quantitative estimate of drug-likeness (QED) is 0.591. The van der Waals surface area contributed by atoms with Crippen LogP contribution in [-0.2, 0) is 19.4 Å². The van der Waals surface area contributed by atoms with Crippen LogP contribution in [0.4, 0.5) is 5.69 Å². The van der Waals surface area contributed by atoms with Gasteiger partial charge in [-0.25, -0.2) is 4.79 Å². The Morgan fingerprint density at radius 1 is 1.00 bits per heavy atom. The number of pyridine rings is 1.